The Balaban J connectivity index is 0. The molecule has 1 aliphatic heterocycles. The largest absolute Gasteiger partial charge is 0.478 e. The summed E-state index contributed by atoms with van der Waals surface area (Å²) in [7, 11) is 0. The summed E-state index contributed by atoms with van der Waals surface area (Å²) in [6.45, 7) is 13.5. The molecule has 6 nitrogen and oxygen atoms in total. The van der Waals surface area contributed by atoms with Crippen LogP contribution in [0.5, 0.6) is 5.75 Å². The molecule has 7 N–H and O–H groups in total. The Morgan fingerprint density at radius 1 is 1.12 bits per heavy atom. The predicted molar refractivity (Wildman–Crippen MR) is 141 cm³/mol. The molecule has 1 aliphatic carbocycles. The van der Waals surface area contributed by atoms with Crippen LogP contribution in [0.25, 0.3) is 0 Å². The van der Waals surface area contributed by atoms with Crippen LogP contribution in [0.1, 0.15) is 60.8 Å². The summed E-state index contributed by atoms with van der Waals surface area (Å²) >= 11 is 6.31. The van der Waals surface area contributed by atoms with Crippen LogP contribution < -0.4 is 10.1 Å². The number of benzene rings is 1. The van der Waals surface area contributed by atoms with Crippen molar-refractivity contribution in [1.29, 1.82) is 0 Å². The van der Waals surface area contributed by atoms with Gasteiger partial charge in [-0.1, -0.05) is 65.0 Å². The van der Waals surface area contributed by atoms with Gasteiger partial charge in [0.15, 0.2) is 0 Å². The third-order valence-corrected chi connectivity index (χ3v) is 7.12. The highest BCUT2D eigenvalue weighted by molar-refractivity contribution is 6.20. The molecule has 0 saturated carbocycles. The van der Waals surface area contributed by atoms with E-state index in [9.17, 15) is 0 Å². The molecule has 1 aromatic rings. The monoisotopic (exact) mass is 488 g/mol. The molecule has 0 bridgehead atoms. The normalized spacial score (nSPS) is 23.0. The fraction of sp³-hybridized carbons (Fsp3) is 0.692. The summed E-state index contributed by atoms with van der Waals surface area (Å²) in [6.07, 6.45) is 7.09. The van der Waals surface area contributed by atoms with Crippen molar-refractivity contribution in [3.8, 4) is 5.75 Å². The average molecular weight is 489 g/mol. The number of hydrogen-bond acceptors (Lipinski definition) is 3. The van der Waals surface area contributed by atoms with Crippen molar-refractivity contribution >= 4 is 11.6 Å². The maximum Gasteiger partial charge on any atom is 0.139 e. The number of alkyl halides is 1. The van der Waals surface area contributed by atoms with Gasteiger partial charge in [0.2, 0.25) is 0 Å². The summed E-state index contributed by atoms with van der Waals surface area (Å²) in [4.78, 5) is 2.66. The molecule has 1 fully saturated rings. The van der Waals surface area contributed by atoms with Crippen LogP contribution in [0.15, 0.2) is 42.0 Å². The van der Waals surface area contributed by atoms with Gasteiger partial charge in [0, 0.05) is 24.5 Å². The predicted octanol–water partition coefficient (Wildman–Crippen LogP) is 3.86. The van der Waals surface area contributed by atoms with Crippen molar-refractivity contribution in [2.45, 2.75) is 72.2 Å². The minimum atomic E-state index is 0. The van der Waals surface area contributed by atoms with Gasteiger partial charge in [0.25, 0.3) is 0 Å². The molecule has 33 heavy (non-hydrogen) atoms. The summed E-state index contributed by atoms with van der Waals surface area (Å²) in [5.41, 5.74) is 1.98. The van der Waals surface area contributed by atoms with E-state index in [1.807, 2.05) is 30.3 Å². The molecule has 0 aromatic heterocycles. The summed E-state index contributed by atoms with van der Waals surface area (Å²) in [5, 5.41) is 3.98. The Morgan fingerprint density at radius 2 is 1.79 bits per heavy atom. The molecule has 0 amide bonds. The minimum Gasteiger partial charge on any atom is -0.478 e. The van der Waals surface area contributed by atoms with E-state index in [1.165, 1.54) is 19.4 Å². The molecular formula is C26H49ClN2O4. The number of nitrogens with one attached hydrogen (secondary N) is 1. The number of likely N-dealkylation sites (tertiary alicyclic amines) is 1. The van der Waals surface area contributed by atoms with Gasteiger partial charge in [-0.15, -0.1) is 11.6 Å². The van der Waals surface area contributed by atoms with E-state index in [2.05, 4.69) is 44.0 Å². The molecule has 1 saturated heterocycles. The van der Waals surface area contributed by atoms with Crippen molar-refractivity contribution < 1.29 is 21.2 Å². The molecule has 3 atom stereocenters. The average Bonchev–Trinajstić information content (AvgIpc) is 2.68. The summed E-state index contributed by atoms with van der Waals surface area (Å²) in [5.74, 6) is 2.19. The zero-order valence-electron chi connectivity index (χ0n) is 20.2. The Kier molecular flexibility index (Phi) is 16.2. The van der Waals surface area contributed by atoms with E-state index in [1.54, 1.807) is 5.57 Å². The number of piperidine rings is 1. The van der Waals surface area contributed by atoms with Crippen LogP contribution >= 0.6 is 11.6 Å². The van der Waals surface area contributed by atoms with Gasteiger partial charge in [-0.25, -0.2) is 0 Å². The van der Waals surface area contributed by atoms with Crippen molar-refractivity contribution in [2.24, 2.45) is 17.3 Å². The van der Waals surface area contributed by atoms with E-state index in [-0.39, 0.29) is 23.9 Å². The molecule has 7 heteroatoms. The summed E-state index contributed by atoms with van der Waals surface area (Å²) in [6, 6.07) is 10.5. The van der Waals surface area contributed by atoms with E-state index >= 15 is 0 Å². The number of ether oxygens (including phenoxy) is 1. The van der Waals surface area contributed by atoms with Crippen molar-refractivity contribution in [3.05, 3.63) is 42.0 Å². The number of hydrogen-bond donors (Lipinski definition) is 1. The van der Waals surface area contributed by atoms with Crippen molar-refractivity contribution in [2.75, 3.05) is 26.4 Å². The van der Waals surface area contributed by atoms with Crippen LogP contribution in [-0.4, -0.2) is 59.1 Å². The number of para-hydroxylation sites is 1. The number of rotatable bonds is 8. The van der Waals surface area contributed by atoms with E-state index in [4.69, 9.17) is 16.3 Å². The Bertz CT molecular complexity index is 670. The van der Waals surface area contributed by atoms with Crippen LogP contribution in [0.4, 0.5) is 0 Å². The lowest BCUT2D eigenvalue weighted by atomic mass is 9.68. The second-order valence-corrected chi connectivity index (χ2v) is 10.5. The highest BCUT2D eigenvalue weighted by Crippen LogP contribution is 2.43. The molecule has 1 heterocycles. The lowest BCUT2D eigenvalue weighted by Gasteiger charge is -2.47. The smallest absolute Gasteiger partial charge is 0.139 e. The SMILES string of the molecule is C.CC(C)[C@H](CN1CC[C@H](C2=CCC(Cl)CC2)C(C)(C)C1)NCOc1ccccc1.O.O.O. The zero-order chi connectivity index (χ0) is 20.9. The van der Waals surface area contributed by atoms with Gasteiger partial charge >= 0.3 is 0 Å². The van der Waals surface area contributed by atoms with Crippen LogP contribution in [-0.2, 0) is 0 Å². The van der Waals surface area contributed by atoms with Crippen molar-refractivity contribution in [3.63, 3.8) is 0 Å². The first kappa shape index (κ1) is 34.0. The van der Waals surface area contributed by atoms with Crippen LogP contribution in [0, 0.1) is 17.3 Å². The topological polar surface area (TPSA) is 119 Å². The summed E-state index contributed by atoms with van der Waals surface area (Å²) < 4.78 is 5.87. The number of halogens is 1. The first-order valence-corrected chi connectivity index (χ1v) is 11.8. The molecule has 2 aliphatic rings. The van der Waals surface area contributed by atoms with Crippen LogP contribution in [0.2, 0.25) is 0 Å². The zero-order valence-corrected chi connectivity index (χ0v) is 20.9. The Hall–Kier alpha value is -1.15. The second kappa shape index (κ2) is 15.7. The minimum absolute atomic E-state index is 0. The third-order valence-electron chi connectivity index (χ3n) is 6.73. The maximum atomic E-state index is 6.31. The molecule has 1 aromatic carbocycles. The quantitative estimate of drug-likeness (QED) is 0.339. The fourth-order valence-electron chi connectivity index (χ4n) is 4.99. The Labute approximate surface area is 206 Å². The third kappa shape index (κ3) is 9.93. The maximum absolute atomic E-state index is 6.31. The molecule has 194 valence electrons. The van der Waals surface area contributed by atoms with Gasteiger partial charge in [-0.3, -0.25) is 5.32 Å². The first-order valence-electron chi connectivity index (χ1n) is 11.3. The van der Waals surface area contributed by atoms with Gasteiger partial charge in [-0.2, -0.15) is 0 Å². The van der Waals surface area contributed by atoms with Gasteiger partial charge in [-0.05, 0) is 61.6 Å². The first-order chi connectivity index (χ1) is 13.8. The Morgan fingerprint density at radius 3 is 2.33 bits per heavy atom. The molecule has 0 radical (unpaired) electrons. The number of nitrogens with zero attached hydrogens (tertiary/aromatic N) is 1. The standard InChI is InChI=1S/C25H39ClN2O.CH4.3H2O/c1-19(2)24(27-18-29-22-8-6-5-7-9-22)16-28-15-14-23(25(3,4)17-28)20-10-12-21(26)13-11-20;;;;/h5-10,19,21,23-24,27H,11-18H2,1-4H3;1H4;3*1H2/t21?,23-,24+;;;;/m1..../s1. The van der Waals surface area contributed by atoms with E-state index in [0.29, 0.717) is 35.4 Å². The highest BCUT2D eigenvalue weighted by Gasteiger charge is 2.38. The highest BCUT2D eigenvalue weighted by atomic mass is 35.5. The van der Waals surface area contributed by atoms with Crippen LogP contribution in [0.3, 0.4) is 0 Å². The number of allylic oxidation sites excluding steroid dienone is 2. The molecule has 3 rings (SSSR count). The lowest BCUT2D eigenvalue weighted by molar-refractivity contribution is 0.0571. The van der Waals surface area contributed by atoms with E-state index in [0.717, 1.165) is 31.7 Å². The van der Waals surface area contributed by atoms with Gasteiger partial charge < -0.3 is 26.1 Å². The second-order valence-electron chi connectivity index (χ2n) is 9.87. The molecule has 0 spiro atoms. The molecule has 1 unspecified atom stereocenters. The molecular weight excluding hydrogens is 440 g/mol. The van der Waals surface area contributed by atoms with Gasteiger partial charge in [0.05, 0.1) is 0 Å². The van der Waals surface area contributed by atoms with Gasteiger partial charge in [0.1, 0.15) is 12.5 Å². The van der Waals surface area contributed by atoms with Crippen molar-refractivity contribution in [1.82, 2.24) is 10.2 Å². The lowest BCUT2D eigenvalue weighted by Crippen LogP contribution is -2.52. The van der Waals surface area contributed by atoms with E-state index < -0.39 is 0 Å². The fourth-order valence-corrected chi connectivity index (χ4v) is 5.19.